The van der Waals surface area contributed by atoms with Gasteiger partial charge in [0.25, 0.3) is 11.2 Å². The van der Waals surface area contributed by atoms with Crippen LogP contribution in [-0.4, -0.2) is 31.9 Å². The van der Waals surface area contributed by atoms with Gasteiger partial charge in [0, 0.05) is 34.5 Å². The normalized spacial score (nSPS) is 12.4. The largest absolute Gasteiger partial charge is 0.325 e. The van der Waals surface area contributed by atoms with Gasteiger partial charge < -0.3 is 5.32 Å². The number of aromatic nitrogens is 2. The third-order valence-corrected chi connectivity index (χ3v) is 7.02. The number of thioether (sulfide) groups is 2. The Balaban J connectivity index is 1.61. The summed E-state index contributed by atoms with van der Waals surface area (Å²) in [7, 11) is 0. The number of benzene rings is 2. The summed E-state index contributed by atoms with van der Waals surface area (Å²) < 4.78 is 2.32. The van der Waals surface area contributed by atoms with Gasteiger partial charge >= 0.3 is 0 Å². The maximum Gasteiger partial charge on any atom is 0.272 e. The van der Waals surface area contributed by atoms with Crippen LogP contribution in [0.15, 0.2) is 67.9 Å². The predicted octanol–water partition coefficient (Wildman–Crippen LogP) is 4.28. The van der Waals surface area contributed by atoms with Gasteiger partial charge in [-0.05, 0) is 36.4 Å². The summed E-state index contributed by atoms with van der Waals surface area (Å²) in [5, 5.41) is 14.1. The fourth-order valence-corrected chi connectivity index (χ4v) is 5.12. The molecule has 8 nitrogen and oxygen atoms in total. The number of nitrogens with zero attached hydrogens (tertiary/aromatic N) is 3. The highest BCUT2D eigenvalue weighted by atomic mass is 79.9. The minimum Gasteiger partial charge on any atom is -0.325 e. The van der Waals surface area contributed by atoms with Crippen molar-refractivity contribution in [3.63, 3.8) is 0 Å². The molecule has 0 unspecified atom stereocenters. The van der Waals surface area contributed by atoms with Crippen LogP contribution in [0.2, 0.25) is 0 Å². The van der Waals surface area contributed by atoms with E-state index in [1.807, 2.05) is 12.1 Å². The highest BCUT2D eigenvalue weighted by molar-refractivity contribution is 9.10. The van der Waals surface area contributed by atoms with Gasteiger partial charge in [-0.15, -0.1) is 11.8 Å². The zero-order chi connectivity index (χ0) is 22.0. The third kappa shape index (κ3) is 4.83. The lowest BCUT2D eigenvalue weighted by Crippen LogP contribution is -2.24. The lowest BCUT2D eigenvalue weighted by atomic mass is 10.2. The summed E-state index contributed by atoms with van der Waals surface area (Å²) in [6, 6.07) is 12.9. The number of nitro benzene ring substituents is 1. The van der Waals surface area contributed by atoms with Crippen molar-refractivity contribution >= 4 is 56.7 Å². The number of hydrogen-bond donors (Lipinski definition) is 1. The predicted molar refractivity (Wildman–Crippen MR) is 124 cm³/mol. The first-order chi connectivity index (χ1) is 14.9. The first-order valence-corrected chi connectivity index (χ1v) is 11.9. The number of halogens is 1. The van der Waals surface area contributed by atoms with Crippen molar-refractivity contribution in [2.24, 2.45) is 0 Å². The molecular weight excluding hydrogens is 504 g/mol. The number of anilines is 1. The van der Waals surface area contributed by atoms with E-state index in [2.05, 4.69) is 26.2 Å². The molecule has 0 aliphatic carbocycles. The van der Waals surface area contributed by atoms with E-state index >= 15 is 0 Å². The fourth-order valence-electron chi connectivity index (χ4n) is 3.00. The number of nitrogens with one attached hydrogen (secondary N) is 1. The van der Waals surface area contributed by atoms with Crippen LogP contribution < -0.4 is 10.9 Å². The first-order valence-electron chi connectivity index (χ1n) is 9.14. The van der Waals surface area contributed by atoms with Crippen molar-refractivity contribution < 1.29 is 9.72 Å². The van der Waals surface area contributed by atoms with Gasteiger partial charge in [-0.25, -0.2) is 4.98 Å². The summed E-state index contributed by atoms with van der Waals surface area (Å²) in [6.07, 6.45) is 0.689. The summed E-state index contributed by atoms with van der Waals surface area (Å²) >= 11 is 5.95. The van der Waals surface area contributed by atoms with Crippen LogP contribution in [0, 0.1) is 10.1 Å². The van der Waals surface area contributed by atoms with Gasteiger partial charge in [0.2, 0.25) is 5.91 Å². The third-order valence-electron chi connectivity index (χ3n) is 4.45. The molecular formula is C20H15BrN4O4S2. The number of amides is 1. The lowest BCUT2D eigenvalue weighted by molar-refractivity contribution is -0.384. The van der Waals surface area contributed by atoms with Gasteiger partial charge in [-0.2, -0.15) is 0 Å². The standard InChI is InChI=1S/C20H15BrN4O4S2/c21-12-1-3-13(4-2-12)22-17(26)11-31-20-23-16-9-10-30-18(16)19(27)24(20)14-5-7-15(8-6-14)25(28)29/h1-8H,9-11H2,(H,22,26). The Morgan fingerprint density at radius 1 is 1.23 bits per heavy atom. The molecule has 0 spiro atoms. The van der Waals surface area contributed by atoms with E-state index < -0.39 is 4.92 Å². The Bertz CT molecular complexity index is 1210. The number of carbonyl (C=O) groups is 1. The van der Waals surface area contributed by atoms with Gasteiger partial charge in [0.1, 0.15) is 0 Å². The van der Waals surface area contributed by atoms with E-state index in [0.29, 0.717) is 27.8 Å². The first kappa shape index (κ1) is 21.6. The smallest absolute Gasteiger partial charge is 0.272 e. The van der Waals surface area contributed by atoms with Crippen LogP contribution in [0.5, 0.6) is 0 Å². The average molecular weight is 519 g/mol. The summed E-state index contributed by atoms with van der Waals surface area (Å²) in [6.45, 7) is 0. The second-order valence-electron chi connectivity index (χ2n) is 6.53. The number of fused-ring (bicyclic) bond motifs is 1. The van der Waals surface area contributed by atoms with Gasteiger partial charge in [-0.3, -0.25) is 24.3 Å². The van der Waals surface area contributed by atoms with E-state index in [1.165, 1.54) is 40.6 Å². The number of rotatable bonds is 6. The highest BCUT2D eigenvalue weighted by Crippen LogP contribution is 2.30. The number of hydrogen-bond acceptors (Lipinski definition) is 7. The molecule has 11 heteroatoms. The topological polar surface area (TPSA) is 107 Å². The summed E-state index contributed by atoms with van der Waals surface area (Å²) in [4.78, 5) is 41.2. The molecule has 0 saturated carbocycles. The number of aryl methyl sites for hydroxylation is 1. The van der Waals surface area contributed by atoms with Gasteiger partial charge in [0.15, 0.2) is 5.16 Å². The molecule has 31 heavy (non-hydrogen) atoms. The Hall–Kier alpha value is -2.63. The maximum absolute atomic E-state index is 13.1. The molecule has 4 rings (SSSR count). The van der Waals surface area contributed by atoms with Crippen LogP contribution in [0.3, 0.4) is 0 Å². The average Bonchev–Trinajstić information content (AvgIpc) is 3.23. The monoisotopic (exact) mass is 518 g/mol. The summed E-state index contributed by atoms with van der Waals surface area (Å²) in [5.41, 5.74) is 1.57. The van der Waals surface area contributed by atoms with Gasteiger partial charge in [-0.1, -0.05) is 27.7 Å². The van der Waals surface area contributed by atoms with Crippen LogP contribution in [0.4, 0.5) is 11.4 Å². The molecule has 0 radical (unpaired) electrons. The zero-order valence-electron chi connectivity index (χ0n) is 15.9. The van der Waals surface area contributed by atoms with E-state index in [0.717, 1.165) is 27.7 Å². The Kier molecular flexibility index (Phi) is 6.44. The van der Waals surface area contributed by atoms with Crippen LogP contribution >= 0.6 is 39.5 Å². The second-order valence-corrected chi connectivity index (χ2v) is 9.49. The van der Waals surface area contributed by atoms with Crippen molar-refractivity contribution in [1.82, 2.24) is 9.55 Å². The molecule has 1 N–H and O–H groups in total. The molecule has 3 aromatic rings. The van der Waals surface area contributed by atoms with Crippen LogP contribution in [0.1, 0.15) is 5.69 Å². The van der Waals surface area contributed by atoms with Crippen molar-refractivity contribution in [2.75, 3.05) is 16.8 Å². The maximum atomic E-state index is 13.1. The zero-order valence-corrected chi connectivity index (χ0v) is 19.1. The molecule has 1 amide bonds. The Morgan fingerprint density at radius 2 is 1.94 bits per heavy atom. The molecule has 2 aromatic carbocycles. The van der Waals surface area contributed by atoms with E-state index in [1.54, 1.807) is 12.1 Å². The lowest BCUT2D eigenvalue weighted by Gasteiger charge is -2.13. The van der Waals surface area contributed by atoms with E-state index in [-0.39, 0.29) is 22.9 Å². The number of carbonyl (C=O) groups excluding carboxylic acids is 1. The highest BCUT2D eigenvalue weighted by Gasteiger charge is 2.23. The van der Waals surface area contributed by atoms with Crippen LogP contribution in [0.25, 0.3) is 5.69 Å². The molecule has 0 saturated heterocycles. The number of nitro groups is 1. The second kappa shape index (κ2) is 9.25. The van der Waals surface area contributed by atoms with E-state index in [9.17, 15) is 19.7 Å². The van der Waals surface area contributed by atoms with Crippen LogP contribution in [-0.2, 0) is 11.2 Å². The molecule has 158 valence electrons. The molecule has 0 bridgehead atoms. The molecule has 1 aromatic heterocycles. The van der Waals surface area contributed by atoms with Gasteiger partial charge in [0.05, 0.1) is 27.0 Å². The van der Waals surface area contributed by atoms with Crippen molar-refractivity contribution in [2.45, 2.75) is 16.5 Å². The Morgan fingerprint density at radius 3 is 2.61 bits per heavy atom. The molecule has 1 aliphatic heterocycles. The Labute approximate surface area is 193 Å². The SMILES string of the molecule is O=C(CSc1nc2c(c(=O)n1-c1ccc([N+](=O)[O-])cc1)SCC2)Nc1ccc(Br)cc1. The van der Waals surface area contributed by atoms with Crippen molar-refractivity contribution in [1.29, 1.82) is 0 Å². The van der Waals surface area contributed by atoms with Crippen molar-refractivity contribution in [3.8, 4) is 5.69 Å². The fraction of sp³-hybridized carbons (Fsp3) is 0.150. The molecule has 1 aliphatic rings. The molecule has 0 fully saturated rings. The minimum atomic E-state index is -0.495. The van der Waals surface area contributed by atoms with E-state index in [4.69, 9.17) is 0 Å². The minimum absolute atomic E-state index is 0.0570. The quantitative estimate of drug-likeness (QED) is 0.224. The summed E-state index contributed by atoms with van der Waals surface area (Å²) in [5.74, 6) is 0.601. The molecule has 2 heterocycles. The van der Waals surface area contributed by atoms with Crippen molar-refractivity contribution in [3.05, 3.63) is 79.2 Å². The number of non-ortho nitro benzene ring substituents is 1. The molecule has 0 atom stereocenters.